The average molecular weight is 629 g/mol. The first kappa shape index (κ1) is 31.8. The standard InChI is InChI=1S/C36H45FN6O3/c1-4-25(8-6-18-46-36(45)38-2)35(44)42(31-9-5-7-27(19-31)29-21-39-43(23-29)30-15-16-30)22-24-10-12-26(13-11-24)28-14-17-33-32(20-28)34(37)40-41(33)3/h5,7,9,14,17,19-21,23-26,30H,4,6,8,10-13,15-16,18,22H2,1-3H3,(H,38,45)/t24-,25?,26-. The molecular formula is C36H45FN6O3. The summed E-state index contributed by atoms with van der Waals surface area (Å²) in [6, 6.07) is 14.8. The quantitative estimate of drug-likeness (QED) is 0.165. The largest absolute Gasteiger partial charge is 0.450 e. The van der Waals surface area contributed by atoms with Crippen molar-refractivity contribution in [2.24, 2.45) is 18.9 Å². The van der Waals surface area contributed by atoms with Crippen molar-refractivity contribution < 1.29 is 18.7 Å². The van der Waals surface area contributed by atoms with Crippen molar-refractivity contribution in [1.82, 2.24) is 24.9 Å². The van der Waals surface area contributed by atoms with Crippen molar-refractivity contribution in [3.8, 4) is 11.1 Å². The summed E-state index contributed by atoms with van der Waals surface area (Å²) >= 11 is 0. The second-order valence-corrected chi connectivity index (χ2v) is 13.0. The van der Waals surface area contributed by atoms with Crippen LogP contribution in [0.5, 0.6) is 0 Å². The van der Waals surface area contributed by atoms with Gasteiger partial charge in [-0.25, -0.2) is 4.79 Å². The van der Waals surface area contributed by atoms with Crippen LogP contribution in [-0.2, 0) is 16.6 Å². The van der Waals surface area contributed by atoms with Gasteiger partial charge in [-0.3, -0.25) is 14.2 Å². The summed E-state index contributed by atoms with van der Waals surface area (Å²) < 4.78 is 23.2. The fourth-order valence-electron chi connectivity index (χ4n) is 6.92. The van der Waals surface area contributed by atoms with Gasteiger partial charge in [0.15, 0.2) is 0 Å². The van der Waals surface area contributed by atoms with Crippen LogP contribution in [0, 0.1) is 17.8 Å². The monoisotopic (exact) mass is 628 g/mol. The normalized spacial score (nSPS) is 18.8. The van der Waals surface area contributed by atoms with Crippen LogP contribution in [-0.4, -0.2) is 51.8 Å². The number of hydrogen-bond acceptors (Lipinski definition) is 5. The lowest BCUT2D eigenvalue weighted by Gasteiger charge is -2.35. The second-order valence-electron chi connectivity index (χ2n) is 13.0. The first-order valence-electron chi connectivity index (χ1n) is 16.8. The van der Waals surface area contributed by atoms with Gasteiger partial charge in [0, 0.05) is 44.0 Å². The van der Waals surface area contributed by atoms with Crippen molar-refractivity contribution >= 4 is 28.6 Å². The molecule has 2 fully saturated rings. The predicted molar refractivity (Wildman–Crippen MR) is 177 cm³/mol. The molecule has 2 aliphatic carbocycles. The van der Waals surface area contributed by atoms with E-state index in [0.717, 1.165) is 53.6 Å². The molecule has 0 radical (unpaired) electrons. The highest BCUT2D eigenvalue weighted by Gasteiger charge is 2.30. The molecule has 46 heavy (non-hydrogen) atoms. The van der Waals surface area contributed by atoms with E-state index < -0.39 is 12.0 Å². The third kappa shape index (κ3) is 7.11. The van der Waals surface area contributed by atoms with Gasteiger partial charge >= 0.3 is 6.09 Å². The van der Waals surface area contributed by atoms with E-state index in [0.29, 0.717) is 49.1 Å². The van der Waals surface area contributed by atoms with Crippen molar-refractivity contribution in [2.75, 3.05) is 25.1 Å². The number of ether oxygens (including phenoxy) is 1. The molecule has 6 rings (SSSR count). The van der Waals surface area contributed by atoms with Gasteiger partial charge in [-0.05, 0) is 105 Å². The van der Waals surface area contributed by atoms with Crippen LogP contribution in [0.3, 0.4) is 0 Å². The summed E-state index contributed by atoms with van der Waals surface area (Å²) in [5, 5.41) is 11.6. The Morgan fingerprint density at radius 2 is 1.89 bits per heavy atom. The number of anilines is 1. The number of aryl methyl sites for hydroxylation is 1. The zero-order valence-electron chi connectivity index (χ0n) is 27.1. The molecule has 10 heteroatoms. The Labute approximate surface area is 270 Å². The van der Waals surface area contributed by atoms with Crippen molar-refractivity contribution in [1.29, 1.82) is 0 Å². The Morgan fingerprint density at radius 3 is 2.63 bits per heavy atom. The van der Waals surface area contributed by atoms with Gasteiger partial charge in [-0.1, -0.05) is 25.1 Å². The van der Waals surface area contributed by atoms with E-state index in [-0.39, 0.29) is 18.4 Å². The molecule has 1 N–H and O–H groups in total. The number of amides is 2. The lowest BCUT2D eigenvalue weighted by Crippen LogP contribution is -2.40. The first-order valence-corrected chi connectivity index (χ1v) is 16.8. The van der Waals surface area contributed by atoms with Crippen LogP contribution in [0.1, 0.15) is 82.2 Å². The molecule has 0 bridgehead atoms. The number of alkyl carbamates (subject to hydrolysis) is 1. The number of carbonyl (C=O) groups is 2. The molecule has 0 aliphatic heterocycles. The Balaban J connectivity index is 1.18. The maximum absolute atomic E-state index is 14.4. The second kappa shape index (κ2) is 14.1. The average Bonchev–Trinajstić information content (AvgIpc) is 3.74. The highest BCUT2D eigenvalue weighted by molar-refractivity contribution is 5.95. The molecule has 0 saturated heterocycles. The number of aromatic nitrogens is 4. The van der Waals surface area contributed by atoms with E-state index in [1.54, 1.807) is 11.7 Å². The highest BCUT2D eigenvalue weighted by atomic mass is 19.1. The topological polar surface area (TPSA) is 94.3 Å². The van der Waals surface area contributed by atoms with Gasteiger partial charge in [-0.2, -0.15) is 9.49 Å². The number of halogens is 1. The van der Waals surface area contributed by atoms with Crippen LogP contribution >= 0.6 is 0 Å². The zero-order chi connectivity index (χ0) is 32.2. The maximum Gasteiger partial charge on any atom is 0.406 e. The lowest BCUT2D eigenvalue weighted by atomic mass is 9.78. The minimum atomic E-state index is -0.455. The summed E-state index contributed by atoms with van der Waals surface area (Å²) in [6.45, 7) is 2.98. The lowest BCUT2D eigenvalue weighted by molar-refractivity contribution is -0.123. The number of benzene rings is 2. The molecule has 1 atom stereocenters. The summed E-state index contributed by atoms with van der Waals surface area (Å²) in [6.07, 6.45) is 11.9. The van der Waals surface area contributed by atoms with E-state index >= 15 is 0 Å². The van der Waals surface area contributed by atoms with E-state index in [4.69, 9.17) is 4.74 Å². The van der Waals surface area contributed by atoms with Crippen LogP contribution in [0.15, 0.2) is 54.9 Å². The molecule has 9 nitrogen and oxygen atoms in total. The molecule has 2 aromatic heterocycles. The van der Waals surface area contributed by atoms with Crippen LogP contribution in [0.2, 0.25) is 0 Å². The van der Waals surface area contributed by atoms with Crippen molar-refractivity contribution in [3.05, 3.63) is 66.4 Å². The van der Waals surface area contributed by atoms with E-state index in [1.165, 1.54) is 19.9 Å². The molecule has 2 aromatic carbocycles. The number of hydrogen-bond donors (Lipinski definition) is 1. The summed E-state index contributed by atoms with van der Waals surface area (Å²) in [7, 11) is 3.30. The summed E-state index contributed by atoms with van der Waals surface area (Å²) in [4.78, 5) is 27.8. The van der Waals surface area contributed by atoms with Gasteiger partial charge in [-0.15, -0.1) is 5.10 Å². The fraction of sp³-hybridized carbons (Fsp3) is 0.500. The number of nitrogens with zero attached hydrogens (tertiary/aromatic N) is 5. The molecule has 2 aliphatic rings. The van der Waals surface area contributed by atoms with Gasteiger partial charge in [0.25, 0.3) is 0 Å². The Morgan fingerprint density at radius 1 is 1.09 bits per heavy atom. The first-order chi connectivity index (χ1) is 22.3. The third-order valence-electron chi connectivity index (χ3n) is 9.84. The predicted octanol–water partition coefficient (Wildman–Crippen LogP) is 7.38. The molecule has 2 heterocycles. The molecule has 1 unspecified atom stereocenters. The Bertz CT molecular complexity index is 1670. The minimum Gasteiger partial charge on any atom is -0.450 e. The van der Waals surface area contributed by atoms with Crippen LogP contribution in [0.25, 0.3) is 22.0 Å². The molecule has 244 valence electrons. The molecule has 0 spiro atoms. The van der Waals surface area contributed by atoms with Crippen molar-refractivity contribution in [2.45, 2.75) is 76.7 Å². The van der Waals surface area contributed by atoms with E-state index in [1.807, 2.05) is 35.4 Å². The third-order valence-corrected chi connectivity index (χ3v) is 9.84. The highest BCUT2D eigenvalue weighted by Crippen LogP contribution is 2.39. The fourth-order valence-corrected chi connectivity index (χ4v) is 6.92. The SMILES string of the molecule is CCC(CCCOC(=O)NC)C(=O)N(C[C@H]1CC[C@H](c2ccc3c(c2)c(F)nn3C)CC1)c1cccc(-c2cnn(C3CC3)c2)c1. The Kier molecular flexibility index (Phi) is 9.70. The van der Waals surface area contributed by atoms with Crippen molar-refractivity contribution in [3.63, 3.8) is 0 Å². The van der Waals surface area contributed by atoms with Gasteiger partial charge < -0.3 is 15.0 Å². The summed E-state index contributed by atoms with van der Waals surface area (Å²) in [5.74, 6) is 0.240. The zero-order valence-corrected chi connectivity index (χ0v) is 27.1. The molecule has 4 aromatic rings. The Hall–Kier alpha value is -4.21. The minimum absolute atomic E-state index is 0.118. The maximum atomic E-state index is 14.4. The van der Waals surface area contributed by atoms with Gasteiger partial charge in [0.2, 0.25) is 11.9 Å². The van der Waals surface area contributed by atoms with E-state index in [9.17, 15) is 14.0 Å². The number of fused-ring (bicyclic) bond motifs is 1. The number of nitrogens with one attached hydrogen (secondary N) is 1. The number of carbonyl (C=O) groups excluding carboxylic acids is 2. The van der Waals surface area contributed by atoms with Crippen LogP contribution in [0.4, 0.5) is 14.9 Å². The van der Waals surface area contributed by atoms with Crippen LogP contribution < -0.4 is 10.2 Å². The number of rotatable bonds is 12. The molecular weight excluding hydrogens is 583 g/mol. The molecule has 2 amide bonds. The smallest absolute Gasteiger partial charge is 0.406 e. The molecule has 2 saturated carbocycles. The van der Waals surface area contributed by atoms with Gasteiger partial charge in [0.1, 0.15) is 0 Å². The summed E-state index contributed by atoms with van der Waals surface area (Å²) in [5.41, 5.74) is 4.98. The van der Waals surface area contributed by atoms with E-state index in [2.05, 4.69) is 51.5 Å². The van der Waals surface area contributed by atoms with Gasteiger partial charge in [0.05, 0.1) is 29.7 Å².